The number of nitrogens with two attached hydrogens (primary N) is 1. The molecule has 0 bridgehead atoms. The summed E-state index contributed by atoms with van der Waals surface area (Å²) in [6.45, 7) is 0.0884. The Bertz CT molecular complexity index is 259. The zero-order valence-electron chi connectivity index (χ0n) is 6.38. The Morgan fingerprint density at radius 3 is 2.15 bits per heavy atom. The molecule has 0 amide bonds. The van der Waals surface area contributed by atoms with Gasteiger partial charge in [-0.05, 0) is 0 Å². The predicted molar refractivity (Wildman–Crippen MR) is 42.2 cm³/mol. The van der Waals surface area contributed by atoms with E-state index in [0.29, 0.717) is 11.9 Å². The molecule has 0 radical (unpaired) electrons. The van der Waals surface area contributed by atoms with E-state index in [1.54, 1.807) is 0 Å². The van der Waals surface area contributed by atoms with E-state index >= 15 is 0 Å². The summed E-state index contributed by atoms with van der Waals surface area (Å²) in [5.74, 6) is 0. The Morgan fingerprint density at radius 1 is 1.23 bits per heavy atom. The van der Waals surface area contributed by atoms with Crippen molar-refractivity contribution in [2.75, 3.05) is 0 Å². The second-order valence-corrected chi connectivity index (χ2v) is 2.09. The van der Waals surface area contributed by atoms with Gasteiger partial charge >= 0.3 is 6.18 Å². The highest BCUT2D eigenvalue weighted by atomic mass is 35.5. The molecule has 0 saturated carbocycles. The lowest BCUT2D eigenvalue weighted by Gasteiger charge is -2.04. The highest BCUT2D eigenvalue weighted by Crippen LogP contribution is 2.26. The van der Waals surface area contributed by atoms with Crippen LogP contribution in [0.2, 0.25) is 0 Å². The first-order valence-corrected chi connectivity index (χ1v) is 3.12. The van der Waals surface area contributed by atoms with Crippen molar-refractivity contribution in [3.05, 3.63) is 23.8 Å². The lowest BCUT2D eigenvalue weighted by molar-refractivity contribution is -0.141. The monoisotopic (exact) mass is 213 g/mol. The van der Waals surface area contributed by atoms with Crippen LogP contribution in [0.25, 0.3) is 0 Å². The van der Waals surface area contributed by atoms with Crippen molar-refractivity contribution < 1.29 is 13.2 Å². The van der Waals surface area contributed by atoms with E-state index in [0.717, 1.165) is 6.20 Å². The lowest BCUT2D eigenvalue weighted by Crippen LogP contribution is -2.10. The van der Waals surface area contributed by atoms with Gasteiger partial charge in [0.1, 0.15) is 0 Å². The van der Waals surface area contributed by atoms with Gasteiger partial charge in [-0.15, -0.1) is 12.4 Å². The number of aromatic nitrogens is 2. The molecule has 7 heteroatoms. The van der Waals surface area contributed by atoms with Crippen molar-refractivity contribution >= 4 is 12.4 Å². The van der Waals surface area contributed by atoms with Gasteiger partial charge in [0.2, 0.25) is 0 Å². The van der Waals surface area contributed by atoms with Crippen LogP contribution >= 0.6 is 12.4 Å². The molecule has 0 aliphatic rings. The number of rotatable bonds is 1. The Hall–Kier alpha value is -0.880. The zero-order valence-corrected chi connectivity index (χ0v) is 7.19. The van der Waals surface area contributed by atoms with Crippen molar-refractivity contribution in [1.29, 1.82) is 0 Å². The highest BCUT2D eigenvalue weighted by Gasteiger charge is 2.32. The van der Waals surface area contributed by atoms with Crippen LogP contribution in [0, 0.1) is 0 Å². The molecule has 0 atom stereocenters. The van der Waals surface area contributed by atoms with E-state index in [2.05, 4.69) is 9.97 Å². The van der Waals surface area contributed by atoms with E-state index in [-0.39, 0.29) is 19.0 Å². The van der Waals surface area contributed by atoms with Crippen LogP contribution in [0.4, 0.5) is 13.2 Å². The molecule has 1 aromatic rings. The van der Waals surface area contributed by atoms with Gasteiger partial charge in [-0.25, -0.2) is 4.98 Å². The Kier molecular flexibility index (Phi) is 4.09. The fourth-order valence-corrected chi connectivity index (χ4v) is 0.607. The second-order valence-electron chi connectivity index (χ2n) is 2.09. The first kappa shape index (κ1) is 12.1. The molecule has 13 heavy (non-hydrogen) atoms. The summed E-state index contributed by atoms with van der Waals surface area (Å²) in [6, 6.07) is 0. The Morgan fingerprint density at radius 2 is 1.85 bits per heavy atom. The summed E-state index contributed by atoms with van der Waals surface area (Å²) in [5.41, 5.74) is 4.46. The van der Waals surface area contributed by atoms with Gasteiger partial charge in [-0.2, -0.15) is 13.2 Å². The summed E-state index contributed by atoms with van der Waals surface area (Å²) in [7, 11) is 0. The molecule has 0 aromatic carbocycles. The molecule has 1 aromatic heterocycles. The molecule has 0 unspecified atom stereocenters. The van der Waals surface area contributed by atoms with E-state index < -0.39 is 11.9 Å². The average Bonchev–Trinajstić information content (AvgIpc) is 2.03. The number of hydrogen-bond acceptors (Lipinski definition) is 3. The summed E-state index contributed by atoms with van der Waals surface area (Å²) in [6.07, 6.45) is -2.74. The van der Waals surface area contributed by atoms with Crippen LogP contribution in [0.3, 0.4) is 0 Å². The van der Waals surface area contributed by atoms with Crippen molar-refractivity contribution in [2.45, 2.75) is 12.7 Å². The van der Waals surface area contributed by atoms with Crippen molar-refractivity contribution in [2.24, 2.45) is 5.73 Å². The molecular formula is C6H7ClF3N3. The van der Waals surface area contributed by atoms with Gasteiger partial charge in [0.25, 0.3) is 0 Å². The second kappa shape index (κ2) is 4.38. The highest BCUT2D eigenvalue weighted by molar-refractivity contribution is 5.85. The minimum atomic E-state index is -4.43. The minimum absolute atomic E-state index is 0. The molecule has 0 fully saturated rings. The van der Waals surface area contributed by atoms with Gasteiger partial charge in [-0.1, -0.05) is 0 Å². The molecule has 1 rings (SSSR count). The summed E-state index contributed by atoms with van der Waals surface area (Å²) in [4.78, 5) is 6.61. The predicted octanol–water partition coefficient (Wildman–Crippen LogP) is 1.38. The van der Waals surface area contributed by atoms with Crippen LogP contribution in [-0.4, -0.2) is 9.97 Å². The minimum Gasteiger partial charge on any atom is -0.325 e. The van der Waals surface area contributed by atoms with Crippen molar-refractivity contribution in [1.82, 2.24) is 9.97 Å². The average molecular weight is 214 g/mol. The van der Waals surface area contributed by atoms with Gasteiger partial charge < -0.3 is 5.73 Å². The van der Waals surface area contributed by atoms with Gasteiger partial charge in [0, 0.05) is 6.54 Å². The number of hydrogen-bond donors (Lipinski definition) is 1. The number of halogens is 4. The van der Waals surface area contributed by atoms with E-state index in [1.807, 2.05) is 0 Å². The van der Waals surface area contributed by atoms with Crippen LogP contribution in [0.15, 0.2) is 12.4 Å². The lowest BCUT2D eigenvalue weighted by atomic mass is 10.4. The molecule has 2 N–H and O–H groups in total. The normalized spacial score (nSPS) is 10.8. The fraction of sp³-hybridized carbons (Fsp3) is 0.333. The summed E-state index contributed by atoms with van der Waals surface area (Å²) >= 11 is 0. The summed E-state index contributed by atoms with van der Waals surface area (Å²) in [5, 5.41) is 0. The molecule has 3 nitrogen and oxygen atoms in total. The SMILES string of the molecule is Cl.NCc1cnc(C(F)(F)F)cn1. The van der Waals surface area contributed by atoms with E-state index in [4.69, 9.17) is 5.73 Å². The number of alkyl halides is 3. The first-order valence-electron chi connectivity index (χ1n) is 3.12. The third-order valence-corrected chi connectivity index (χ3v) is 1.20. The van der Waals surface area contributed by atoms with Crippen LogP contribution < -0.4 is 5.73 Å². The standard InChI is InChI=1S/C6H6F3N3.ClH/c7-6(8,9)5-3-11-4(1-10)2-12-5;/h2-3H,1,10H2;1H. The van der Waals surface area contributed by atoms with Crippen molar-refractivity contribution in [3.63, 3.8) is 0 Å². The third-order valence-electron chi connectivity index (χ3n) is 1.20. The Labute approximate surface area is 78.6 Å². The maximum atomic E-state index is 11.9. The number of nitrogens with zero attached hydrogens (tertiary/aromatic N) is 2. The van der Waals surface area contributed by atoms with E-state index in [9.17, 15) is 13.2 Å². The topological polar surface area (TPSA) is 51.8 Å². The fourth-order valence-electron chi connectivity index (χ4n) is 0.607. The van der Waals surface area contributed by atoms with Crippen LogP contribution in [0.1, 0.15) is 11.4 Å². The third kappa shape index (κ3) is 3.16. The molecule has 0 aliphatic heterocycles. The quantitative estimate of drug-likeness (QED) is 0.767. The first-order chi connectivity index (χ1) is 5.54. The molecule has 0 saturated heterocycles. The molecule has 0 aliphatic carbocycles. The van der Waals surface area contributed by atoms with E-state index in [1.165, 1.54) is 0 Å². The molecule has 0 spiro atoms. The van der Waals surface area contributed by atoms with Gasteiger partial charge in [0.15, 0.2) is 5.69 Å². The van der Waals surface area contributed by atoms with Gasteiger partial charge in [-0.3, -0.25) is 4.98 Å². The van der Waals surface area contributed by atoms with Crippen LogP contribution in [0.5, 0.6) is 0 Å². The molecule has 74 valence electrons. The largest absolute Gasteiger partial charge is 0.434 e. The Balaban J connectivity index is 0.00000144. The molecular weight excluding hydrogens is 207 g/mol. The zero-order chi connectivity index (χ0) is 9.19. The van der Waals surface area contributed by atoms with Crippen molar-refractivity contribution in [3.8, 4) is 0 Å². The maximum Gasteiger partial charge on any atom is 0.434 e. The van der Waals surface area contributed by atoms with Crippen LogP contribution in [-0.2, 0) is 12.7 Å². The maximum absolute atomic E-state index is 11.9. The van der Waals surface area contributed by atoms with Gasteiger partial charge in [0.05, 0.1) is 18.1 Å². The molecule has 1 heterocycles. The smallest absolute Gasteiger partial charge is 0.325 e. The summed E-state index contributed by atoms with van der Waals surface area (Å²) < 4.78 is 35.7.